The molecule has 0 aliphatic heterocycles. The van der Waals surface area contributed by atoms with Crippen molar-refractivity contribution in [2.24, 2.45) is 11.8 Å². The zero-order valence-corrected chi connectivity index (χ0v) is 13.1. The zero-order chi connectivity index (χ0) is 15.2. The summed E-state index contributed by atoms with van der Waals surface area (Å²) < 4.78 is 0. The van der Waals surface area contributed by atoms with Crippen LogP contribution in [0.4, 0.5) is 5.69 Å². The molecule has 0 heterocycles. The monoisotopic (exact) mass is 286 g/mol. The second kappa shape index (κ2) is 7.30. The molecule has 3 unspecified atom stereocenters. The van der Waals surface area contributed by atoms with Crippen LogP contribution in [0.5, 0.6) is 0 Å². The SMILES string of the molecule is C=CCNC(=O)c1ccc(NC2CCC(C)CC2C)cc1. The Hall–Kier alpha value is -1.77. The van der Waals surface area contributed by atoms with Crippen LogP contribution >= 0.6 is 0 Å². The molecule has 0 bridgehead atoms. The van der Waals surface area contributed by atoms with E-state index < -0.39 is 0 Å². The molecule has 0 saturated heterocycles. The Balaban J connectivity index is 1.93. The second-order valence-corrected chi connectivity index (χ2v) is 6.22. The minimum Gasteiger partial charge on any atom is -0.382 e. The van der Waals surface area contributed by atoms with Crippen molar-refractivity contribution >= 4 is 11.6 Å². The third-order valence-electron chi connectivity index (χ3n) is 4.34. The molecule has 1 fully saturated rings. The molecule has 1 saturated carbocycles. The highest BCUT2D eigenvalue weighted by Gasteiger charge is 2.24. The van der Waals surface area contributed by atoms with Crippen LogP contribution in [0.15, 0.2) is 36.9 Å². The van der Waals surface area contributed by atoms with Crippen molar-refractivity contribution < 1.29 is 4.79 Å². The number of anilines is 1. The lowest BCUT2D eigenvalue weighted by atomic mass is 9.80. The van der Waals surface area contributed by atoms with Gasteiger partial charge in [0.15, 0.2) is 0 Å². The van der Waals surface area contributed by atoms with Crippen LogP contribution in [-0.4, -0.2) is 18.5 Å². The third kappa shape index (κ3) is 4.35. The largest absolute Gasteiger partial charge is 0.382 e. The average molecular weight is 286 g/mol. The molecular formula is C18H26N2O. The molecule has 0 aromatic heterocycles. The van der Waals surface area contributed by atoms with Crippen LogP contribution in [0.1, 0.15) is 43.5 Å². The number of hydrogen-bond acceptors (Lipinski definition) is 2. The van der Waals surface area contributed by atoms with Gasteiger partial charge in [-0.3, -0.25) is 4.79 Å². The molecule has 3 atom stereocenters. The average Bonchev–Trinajstić information content (AvgIpc) is 2.48. The van der Waals surface area contributed by atoms with Crippen LogP contribution in [-0.2, 0) is 0 Å². The quantitative estimate of drug-likeness (QED) is 0.807. The van der Waals surface area contributed by atoms with E-state index in [0.717, 1.165) is 11.6 Å². The predicted molar refractivity (Wildman–Crippen MR) is 88.6 cm³/mol. The lowest BCUT2D eigenvalue weighted by Gasteiger charge is -2.33. The summed E-state index contributed by atoms with van der Waals surface area (Å²) in [5.74, 6) is 1.49. The lowest BCUT2D eigenvalue weighted by Crippen LogP contribution is -2.33. The molecule has 1 aliphatic carbocycles. The molecule has 3 heteroatoms. The Labute approximate surface area is 127 Å². The van der Waals surface area contributed by atoms with Gasteiger partial charge in [0.05, 0.1) is 0 Å². The van der Waals surface area contributed by atoms with Crippen molar-refractivity contribution in [1.82, 2.24) is 5.32 Å². The molecule has 114 valence electrons. The van der Waals surface area contributed by atoms with Crippen molar-refractivity contribution in [1.29, 1.82) is 0 Å². The number of benzene rings is 1. The summed E-state index contributed by atoms with van der Waals surface area (Å²) in [7, 11) is 0. The number of amides is 1. The molecule has 2 rings (SSSR count). The first-order valence-corrected chi connectivity index (χ1v) is 7.86. The van der Waals surface area contributed by atoms with Gasteiger partial charge in [-0.15, -0.1) is 6.58 Å². The van der Waals surface area contributed by atoms with E-state index in [9.17, 15) is 4.79 Å². The van der Waals surface area contributed by atoms with E-state index in [-0.39, 0.29) is 5.91 Å². The van der Waals surface area contributed by atoms with Crippen LogP contribution in [0.3, 0.4) is 0 Å². The molecule has 1 aromatic rings. The summed E-state index contributed by atoms with van der Waals surface area (Å²) in [4.78, 5) is 11.8. The molecule has 3 nitrogen and oxygen atoms in total. The van der Waals surface area contributed by atoms with Gasteiger partial charge < -0.3 is 10.6 Å². The maximum atomic E-state index is 11.8. The van der Waals surface area contributed by atoms with Crippen molar-refractivity contribution in [3.05, 3.63) is 42.5 Å². The molecule has 1 aromatic carbocycles. The van der Waals surface area contributed by atoms with Crippen molar-refractivity contribution in [3.8, 4) is 0 Å². The van der Waals surface area contributed by atoms with E-state index in [0.29, 0.717) is 24.1 Å². The normalized spacial score (nSPS) is 25.1. The van der Waals surface area contributed by atoms with E-state index in [2.05, 4.69) is 31.1 Å². The smallest absolute Gasteiger partial charge is 0.251 e. The summed E-state index contributed by atoms with van der Waals surface area (Å²) in [5.41, 5.74) is 1.79. The molecule has 1 amide bonds. The highest BCUT2D eigenvalue weighted by atomic mass is 16.1. The van der Waals surface area contributed by atoms with Gasteiger partial charge in [-0.2, -0.15) is 0 Å². The molecular weight excluding hydrogens is 260 g/mol. The number of carbonyl (C=O) groups excluding carboxylic acids is 1. The van der Waals surface area contributed by atoms with Gasteiger partial charge in [0.2, 0.25) is 0 Å². The van der Waals surface area contributed by atoms with E-state index in [1.165, 1.54) is 19.3 Å². The van der Waals surface area contributed by atoms with Crippen LogP contribution in [0, 0.1) is 11.8 Å². The minimum atomic E-state index is -0.0543. The molecule has 2 N–H and O–H groups in total. The first kappa shape index (κ1) is 15.6. The maximum Gasteiger partial charge on any atom is 0.251 e. The number of hydrogen-bond donors (Lipinski definition) is 2. The number of rotatable bonds is 5. The predicted octanol–water partition coefficient (Wildman–Crippen LogP) is 3.84. The van der Waals surface area contributed by atoms with E-state index in [1.807, 2.05) is 24.3 Å². The Kier molecular flexibility index (Phi) is 5.43. The Morgan fingerprint density at radius 3 is 2.62 bits per heavy atom. The second-order valence-electron chi connectivity index (χ2n) is 6.22. The van der Waals surface area contributed by atoms with Crippen molar-refractivity contribution in [3.63, 3.8) is 0 Å². The highest BCUT2D eigenvalue weighted by molar-refractivity contribution is 5.94. The van der Waals surface area contributed by atoms with Crippen LogP contribution in [0.25, 0.3) is 0 Å². The number of nitrogens with one attached hydrogen (secondary N) is 2. The number of carbonyl (C=O) groups is 1. The molecule has 0 spiro atoms. The Bertz CT molecular complexity index is 480. The van der Waals surface area contributed by atoms with Gasteiger partial charge in [0.25, 0.3) is 5.91 Å². The molecule has 0 radical (unpaired) electrons. The molecule has 21 heavy (non-hydrogen) atoms. The van der Waals surface area contributed by atoms with Crippen molar-refractivity contribution in [2.45, 2.75) is 39.2 Å². The minimum absolute atomic E-state index is 0.0543. The fourth-order valence-electron chi connectivity index (χ4n) is 3.08. The van der Waals surface area contributed by atoms with E-state index in [1.54, 1.807) is 6.08 Å². The highest BCUT2D eigenvalue weighted by Crippen LogP contribution is 2.30. The van der Waals surface area contributed by atoms with E-state index in [4.69, 9.17) is 0 Å². The summed E-state index contributed by atoms with van der Waals surface area (Å²) in [6.07, 6.45) is 5.49. The first-order chi connectivity index (χ1) is 10.1. The first-order valence-electron chi connectivity index (χ1n) is 7.86. The summed E-state index contributed by atoms with van der Waals surface area (Å²) in [5, 5.41) is 6.40. The Morgan fingerprint density at radius 2 is 2.00 bits per heavy atom. The fraction of sp³-hybridized carbons (Fsp3) is 0.500. The van der Waals surface area contributed by atoms with E-state index >= 15 is 0 Å². The van der Waals surface area contributed by atoms with Crippen LogP contribution in [0.2, 0.25) is 0 Å². The van der Waals surface area contributed by atoms with Gasteiger partial charge in [0.1, 0.15) is 0 Å². The zero-order valence-electron chi connectivity index (χ0n) is 13.1. The fourth-order valence-corrected chi connectivity index (χ4v) is 3.08. The molecule has 1 aliphatic rings. The topological polar surface area (TPSA) is 41.1 Å². The van der Waals surface area contributed by atoms with Gasteiger partial charge in [0, 0.05) is 23.8 Å². The van der Waals surface area contributed by atoms with Gasteiger partial charge >= 0.3 is 0 Å². The Morgan fingerprint density at radius 1 is 1.29 bits per heavy atom. The van der Waals surface area contributed by atoms with Gasteiger partial charge in [-0.25, -0.2) is 0 Å². The van der Waals surface area contributed by atoms with Gasteiger partial charge in [-0.1, -0.05) is 19.9 Å². The third-order valence-corrected chi connectivity index (χ3v) is 4.34. The van der Waals surface area contributed by atoms with Crippen LogP contribution < -0.4 is 10.6 Å². The van der Waals surface area contributed by atoms with Crippen molar-refractivity contribution in [2.75, 3.05) is 11.9 Å². The summed E-state index contributed by atoms with van der Waals surface area (Å²) in [6.45, 7) is 8.75. The standard InChI is InChI=1S/C18H26N2O/c1-4-11-19-18(21)15-6-8-16(9-7-15)20-17-10-5-13(2)12-14(17)3/h4,6-9,13-14,17,20H,1,5,10-12H2,2-3H3,(H,19,21). The summed E-state index contributed by atoms with van der Waals surface area (Å²) in [6, 6.07) is 8.27. The lowest BCUT2D eigenvalue weighted by molar-refractivity contribution is 0.0958. The van der Waals surface area contributed by atoms with Gasteiger partial charge in [-0.05, 0) is 55.4 Å². The maximum absolute atomic E-state index is 11.8. The summed E-state index contributed by atoms with van der Waals surface area (Å²) >= 11 is 0.